The van der Waals surface area contributed by atoms with Gasteiger partial charge in [-0.1, -0.05) is 54.6 Å². The van der Waals surface area contributed by atoms with Crippen LogP contribution in [0, 0.1) is 0 Å². The van der Waals surface area contributed by atoms with Crippen molar-refractivity contribution in [2.24, 2.45) is 0 Å². The highest BCUT2D eigenvalue weighted by Gasteiger charge is 2.27. The second-order valence-corrected chi connectivity index (χ2v) is 9.86. The molecule has 4 nitrogen and oxygen atoms in total. The summed E-state index contributed by atoms with van der Waals surface area (Å²) >= 11 is 0. The number of hydrogen-bond donors (Lipinski definition) is 0. The number of imidazole rings is 1. The number of para-hydroxylation sites is 2. The maximum atomic E-state index is 4.82. The van der Waals surface area contributed by atoms with E-state index in [4.69, 9.17) is 9.97 Å². The van der Waals surface area contributed by atoms with Crippen molar-refractivity contribution in [2.45, 2.75) is 6.42 Å². The Kier molecular flexibility index (Phi) is 3.55. The van der Waals surface area contributed by atoms with Gasteiger partial charge in [-0.25, -0.2) is 4.98 Å². The van der Waals surface area contributed by atoms with Gasteiger partial charge >= 0.3 is 0 Å². The summed E-state index contributed by atoms with van der Waals surface area (Å²) in [5.41, 5.74) is 12.2. The lowest BCUT2D eigenvalue weighted by atomic mass is 9.96. The Bertz CT molecular complexity index is 2220. The molecule has 0 fully saturated rings. The van der Waals surface area contributed by atoms with Crippen LogP contribution in [0.1, 0.15) is 11.1 Å². The predicted octanol–water partition coefficient (Wildman–Crippen LogP) is 7.70. The molecule has 0 unspecified atom stereocenters. The summed E-state index contributed by atoms with van der Waals surface area (Å²) in [6.45, 7) is 0. The van der Waals surface area contributed by atoms with Crippen molar-refractivity contribution in [1.82, 2.24) is 18.9 Å². The standard InChI is InChI=1S/C33H20N4/c1-2-7-21(8-3-1)37-26-10-5-4-9-23(26)31-27(37)15-12-20-19-25-22(29(20)31)13-14-24-30(25)33-35-17-18-36(33)28-11-6-16-34-32(24)28/h1-18H,19H2. The summed E-state index contributed by atoms with van der Waals surface area (Å²) in [4.78, 5) is 9.61. The third kappa shape index (κ3) is 2.37. The summed E-state index contributed by atoms with van der Waals surface area (Å²) in [6.07, 6.45) is 6.72. The van der Waals surface area contributed by atoms with Gasteiger partial charge in [0, 0.05) is 45.8 Å². The van der Waals surface area contributed by atoms with Crippen molar-refractivity contribution in [3.05, 3.63) is 121 Å². The van der Waals surface area contributed by atoms with E-state index in [2.05, 4.69) is 93.9 Å². The van der Waals surface area contributed by atoms with Crippen LogP contribution >= 0.6 is 0 Å². The number of rotatable bonds is 1. The van der Waals surface area contributed by atoms with E-state index in [1.807, 2.05) is 24.7 Å². The highest BCUT2D eigenvalue weighted by Crippen LogP contribution is 2.48. The Morgan fingerprint density at radius 3 is 2.43 bits per heavy atom. The maximum absolute atomic E-state index is 4.82. The zero-order valence-corrected chi connectivity index (χ0v) is 19.9. The van der Waals surface area contributed by atoms with Crippen LogP contribution in [0.5, 0.6) is 0 Å². The number of benzene rings is 4. The molecule has 4 heterocycles. The number of pyridine rings is 2. The molecule has 4 aromatic carbocycles. The first-order valence-electron chi connectivity index (χ1n) is 12.6. The van der Waals surface area contributed by atoms with Crippen LogP contribution in [-0.2, 0) is 6.42 Å². The summed E-state index contributed by atoms with van der Waals surface area (Å²) < 4.78 is 4.58. The molecule has 9 rings (SSSR count). The summed E-state index contributed by atoms with van der Waals surface area (Å²) in [5, 5.41) is 5.00. The normalized spacial score (nSPS) is 12.8. The molecule has 1 aliphatic rings. The largest absolute Gasteiger partial charge is 0.309 e. The number of nitrogens with zero attached hydrogens (tertiary/aromatic N) is 4. The van der Waals surface area contributed by atoms with Crippen LogP contribution in [0.15, 0.2) is 110 Å². The zero-order chi connectivity index (χ0) is 24.1. The first-order chi connectivity index (χ1) is 18.4. The van der Waals surface area contributed by atoms with E-state index < -0.39 is 0 Å². The van der Waals surface area contributed by atoms with Gasteiger partial charge in [0.15, 0.2) is 0 Å². The van der Waals surface area contributed by atoms with E-state index in [1.165, 1.54) is 60.5 Å². The van der Waals surface area contributed by atoms with Crippen LogP contribution in [0.25, 0.3) is 66.1 Å². The minimum atomic E-state index is 0.893. The van der Waals surface area contributed by atoms with E-state index >= 15 is 0 Å². The summed E-state index contributed by atoms with van der Waals surface area (Å²) in [5.74, 6) is 0. The van der Waals surface area contributed by atoms with Gasteiger partial charge in [0.25, 0.3) is 0 Å². The molecule has 8 aromatic rings. The van der Waals surface area contributed by atoms with Gasteiger partial charge in [0.05, 0.1) is 22.1 Å². The van der Waals surface area contributed by atoms with Crippen molar-refractivity contribution in [3.63, 3.8) is 0 Å². The molecule has 0 aliphatic heterocycles. The van der Waals surface area contributed by atoms with Crippen molar-refractivity contribution < 1.29 is 0 Å². The van der Waals surface area contributed by atoms with Crippen LogP contribution in [0.2, 0.25) is 0 Å². The fourth-order valence-electron chi connectivity index (χ4n) is 6.60. The van der Waals surface area contributed by atoms with Crippen LogP contribution in [0.4, 0.5) is 0 Å². The second kappa shape index (κ2) is 6.83. The summed E-state index contributed by atoms with van der Waals surface area (Å²) in [6, 6.07) is 32.8. The van der Waals surface area contributed by atoms with Crippen molar-refractivity contribution in [2.75, 3.05) is 0 Å². The molecule has 37 heavy (non-hydrogen) atoms. The van der Waals surface area contributed by atoms with E-state index in [9.17, 15) is 0 Å². The lowest BCUT2D eigenvalue weighted by Crippen LogP contribution is -1.95. The topological polar surface area (TPSA) is 35.1 Å². The minimum Gasteiger partial charge on any atom is -0.309 e. The first-order valence-corrected chi connectivity index (χ1v) is 12.6. The summed E-state index contributed by atoms with van der Waals surface area (Å²) in [7, 11) is 0. The van der Waals surface area contributed by atoms with Gasteiger partial charge in [-0.2, -0.15) is 0 Å². The quantitative estimate of drug-likeness (QED) is 0.229. The Morgan fingerprint density at radius 2 is 1.49 bits per heavy atom. The molecule has 0 radical (unpaired) electrons. The highest BCUT2D eigenvalue weighted by molar-refractivity contribution is 6.20. The van der Waals surface area contributed by atoms with Crippen LogP contribution < -0.4 is 0 Å². The van der Waals surface area contributed by atoms with Gasteiger partial charge in [-0.05, 0) is 65.1 Å². The molecule has 4 aromatic heterocycles. The SMILES string of the molecule is c1ccc(-n2c3ccccc3c3c4c(ccc32)Cc2c-4ccc3c4ncccc4n4ccnc4c23)cc1. The number of hydrogen-bond acceptors (Lipinski definition) is 2. The molecule has 0 atom stereocenters. The molecule has 0 N–H and O–H groups in total. The van der Waals surface area contributed by atoms with E-state index in [1.54, 1.807) is 0 Å². The van der Waals surface area contributed by atoms with E-state index in [0.29, 0.717) is 0 Å². The molecule has 0 spiro atoms. The van der Waals surface area contributed by atoms with Crippen molar-refractivity contribution in [3.8, 4) is 16.8 Å². The maximum Gasteiger partial charge on any atom is 0.145 e. The number of aromatic nitrogens is 4. The third-order valence-corrected chi connectivity index (χ3v) is 8.05. The van der Waals surface area contributed by atoms with Gasteiger partial charge < -0.3 is 4.57 Å². The molecular formula is C33H20N4. The van der Waals surface area contributed by atoms with Crippen molar-refractivity contribution in [1.29, 1.82) is 0 Å². The average Bonchev–Trinajstić information content (AvgIpc) is 3.67. The molecular weight excluding hydrogens is 452 g/mol. The van der Waals surface area contributed by atoms with Gasteiger partial charge in [-0.15, -0.1) is 0 Å². The van der Waals surface area contributed by atoms with E-state index in [0.717, 1.165) is 23.1 Å². The predicted molar refractivity (Wildman–Crippen MR) is 151 cm³/mol. The van der Waals surface area contributed by atoms with Crippen molar-refractivity contribution >= 4 is 49.3 Å². The number of fused-ring (bicyclic) bond motifs is 14. The van der Waals surface area contributed by atoms with Gasteiger partial charge in [0.1, 0.15) is 5.65 Å². The first kappa shape index (κ1) is 19.3. The Labute approximate surface area is 212 Å². The monoisotopic (exact) mass is 472 g/mol. The van der Waals surface area contributed by atoms with E-state index in [-0.39, 0.29) is 0 Å². The fraction of sp³-hybridized carbons (Fsp3) is 0.0303. The van der Waals surface area contributed by atoms with Gasteiger partial charge in [0.2, 0.25) is 0 Å². The smallest absolute Gasteiger partial charge is 0.145 e. The zero-order valence-electron chi connectivity index (χ0n) is 19.9. The molecule has 0 bridgehead atoms. The second-order valence-electron chi connectivity index (χ2n) is 9.86. The minimum absolute atomic E-state index is 0.893. The third-order valence-electron chi connectivity index (χ3n) is 8.05. The highest BCUT2D eigenvalue weighted by atomic mass is 15.0. The lowest BCUT2D eigenvalue weighted by molar-refractivity contribution is 1.18. The average molecular weight is 473 g/mol. The molecule has 1 aliphatic carbocycles. The molecule has 172 valence electrons. The lowest BCUT2D eigenvalue weighted by Gasteiger charge is -2.11. The Balaban J connectivity index is 1.45. The van der Waals surface area contributed by atoms with Crippen LogP contribution in [0.3, 0.4) is 0 Å². The molecule has 0 saturated carbocycles. The molecule has 4 heteroatoms. The molecule has 0 amide bonds. The van der Waals surface area contributed by atoms with Gasteiger partial charge in [-0.3, -0.25) is 9.38 Å². The Hall–Kier alpha value is -4.96. The van der Waals surface area contributed by atoms with Crippen LogP contribution in [-0.4, -0.2) is 18.9 Å². The Morgan fingerprint density at radius 1 is 0.622 bits per heavy atom. The molecule has 0 saturated heterocycles. The fourth-order valence-corrected chi connectivity index (χ4v) is 6.60.